The van der Waals surface area contributed by atoms with E-state index in [1.165, 1.54) is 12.1 Å². The summed E-state index contributed by atoms with van der Waals surface area (Å²) < 4.78 is 0. The second-order valence-electron chi connectivity index (χ2n) is 4.31. The topological polar surface area (TPSA) is 87.2 Å². The number of H-pyrrole nitrogens is 1. The fourth-order valence-electron chi connectivity index (χ4n) is 1.52. The molecule has 2 aromatic rings. The zero-order valence-electron chi connectivity index (χ0n) is 11.2. The molecule has 0 aliphatic rings. The van der Waals surface area contributed by atoms with Crippen LogP contribution in [-0.4, -0.2) is 21.8 Å². The zero-order valence-corrected chi connectivity index (χ0v) is 11.2. The van der Waals surface area contributed by atoms with Crippen molar-refractivity contribution in [3.8, 4) is 0 Å². The number of amides is 1. The monoisotopic (exact) mass is 270 g/mol. The molecule has 0 bridgehead atoms. The Balaban J connectivity index is 2.08. The number of aryl methyl sites for hydroxylation is 1. The number of aromatic amines is 1. The van der Waals surface area contributed by atoms with Crippen LogP contribution in [0.15, 0.2) is 46.3 Å². The molecule has 0 saturated heterocycles. The van der Waals surface area contributed by atoms with Gasteiger partial charge in [-0.15, -0.1) is 0 Å². The van der Waals surface area contributed by atoms with E-state index in [9.17, 15) is 9.59 Å². The van der Waals surface area contributed by atoms with Gasteiger partial charge in [-0.25, -0.2) is 10.5 Å². The van der Waals surface area contributed by atoms with Gasteiger partial charge in [-0.3, -0.25) is 9.59 Å². The second kappa shape index (κ2) is 5.92. The lowest BCUT2D eigenvalue weighted by molar-refractivity contribution is 0.0948. The first-order chi connectivity index (χ1) is 9.56. The van der Waals surface area contributed by atoms with Crippen LogP contribution in [0, 0.1) is 6.92 Å². The predicted molar refractivity (Wildman–Crippen MR) is 75.7 cm³/mol. The summed E-state index contributed by atoms with van der Waals surface area (Å²) in [5, 5.41) is 9.82. The number of nitrogens with zero attached hydrogens (tertiary/aromatic N) is 2. The maximum absolute atomic E-state index is 11.7. The summed E-state index contributed by atoms with van der Waals surface area (Å²) in [5.74, 6) is -0.479. The molecule has 2 N–H and O–H groups in total. The van der Waals surface area contributed by atoms with Gasteiger partial charge in [0.15, 0.2) is 5.69 Å². The number of aromatic nitrogens is 2. The molecule has 6 nitrogen and oxygen atoms in total. The van der Waals surface area contributed by atoms with Crippen molar-refractivity contribution in [3.63, 3.8) is 0 Å². The quantitative estimate of drug-likeness (QED) is 0.649. The molecular formula is C14H14N4O2. The Morgan fingerprint density at radius 3 is 2.50 bits per heavy atom. The Labute approximate surface area is 115 Å². The Morgan fingerprint density at radius 2 is 1.90 bits per heavy atom. The summed E-state index contributed by atoms with van der Waals surface area (Å²) in [4.78, 5) is 22.6. The maximum Gasteiger partial charge on any atom is 0.291 e. The van der Waals surface area contributed by atoms with Gasteiger partial charge in [0.05, 0.1) is 5.71 Å². The lowest BCUT2D eigenvalue weighted by Gasteiger charge is -2.02. The third kappa shape index (κ3) is 3.38. The molecule has 20 heavy (non-hydrogen) atoms. The summed E-state index contributed by atoms with van der Waals surface area (Å²) in [5.41, 5.74) is 4.90. The van der Waals surface area contributed by atoms with Crippen LogP contribution in [0.2, 0.25) is 0 Å². The second-order valence-corrected chi connectivity index (χ2v) is 4.31. The van der Waals surface area contributed by atoms with E-state index in [0.717, 1.165) is 11.1 Å². The standard InChI is InChI=1S/C14H14N4O2/c1-9-3-5-11(6-4-9)10(2)15-18-14(20)12-7-8-13(19)17-16-12/h3-8H,1-2H3,(H,17,19)(H,18,20)/b15-10+. The third-order valence-corrected chi connectivity index (χ3v) is 2.71. The van der Waals surface area contributed by atoms with Crippen molar-refractivity contribution in [3.05, 3.63) is 63.6 Å². The van der Waals surface area contributed by atoms with Crippen LogP contribution in [0.5, 0.6) is 0 Å². The van der Waals surface area contributed by atoms with Crippen LogP contribution in [-0.2, 0) is 0 Å². The van der Waals surface area contributed by atoms with Crippen molar-refractivity contribution in [2.75, 3.05) is 0 Å². The first-order valence-corrected chi connectivity index (χ1v) is 6.03. The molecular weight excluding hydrogens is 256 g/mol. The third-order valence-electron chi connectivity index (χ3n) is 2.71. The van der Waals surface area contributed by atoms with Crippen molar-refractivity contribution in [1.29, 1.82) is 0 Å². The predicted octanol–water partition coefficient (Wildman–Crippen LogP) is 1.23. The first-order valence-electron chi connectivity index (χ1n) is 6.03. The van der Waals surface area contributed by atoms with Gasteiger partial charge in [0.2, 0.25) is 0 Å². The lowest BCUT2D eigenvalue weighted by atomic mass is 10.1. The van der Waals surface area contributed by atoms with E-state index in [2.05, 4.69) is 20.7 Å². The van der Waals surface area contributed by atoms with Crippen LogP contribution < -0.4 is 11.0 Å². The van der Waals surface area contributed by atoms with Gasteiger partial charge < -0.3 is 0 Å². The molecule has 0 atom stereocenters. The van der Waals surface area contributed by atoms with Crippen LogP contribution in [0.4, 0.5) is 0 Å². The van der Waals surface area contributed by atoms with E-state index in [1.807, 2.05) is 31.2 Å². The summed E-state index contributed by atoms with van der Waals surface area (Å²) in [6.07, 6.45) is 0. The summed E-state index contributed by atoms with van der Waals surface area (Å²) in [6, 6.07) is 10.4. The van der Waals surface area contributed by atoms with Gasteiger partial charge >= 0.3 is 0 Å². The van der Waals surface area contributed by atoms with Crippen LogP contribution in [0.1, 0.15) is 28.5 Å². The molecule has 102 valence electrons. The number of hydrogen-bond donors (Lipinski definition) is 2. The highest BCUT2D eigenvalue weighted by Gasteiger charge is 2.06. The average Bonchev–Trinajstić information content (AvgIpc) is 2.46. The van der Waals surface area contributed by atoms with E-state index < -0.39 is 5.91 Å². The van der Waals surface area contributed by atoms with Crippen molar-refractivity contribution in [2.24, 2.45) is 5.10 Å². The molecule has 0 fully saturated rings. The number of benzene rings is 1. The molecule has 0 radical (unpaired) electrons. The Kier molecular flexibility index (Phi) is 4.05. The van der Waals surface area contributed by atoms with Gasteiger partial charge in [-0.2, -0.15) is 10.2 Å². The number of hydrazone groups is 1. The van der Waals surface area contributed by atoms with Crippen LogP contribution in [0.3, 0.4) is 0 Å². The summed E-state index contributed by atoms with van der Waals surface area (Å²) in [7, 11) is 0. The first kappa shape index (κ1) is 13.7. The van der Waals surface area contributed by atoms with Gasteiger partial charge in [-0.1, -0.05) is 29.8 Å². The molecule has 0 saturated carbocycles. The highest BCUT2D eigenvalue weighted by molar-refractivity contribution is 6.00. The van der Waals surface area contributed by atoms with Gasteiger partial charge in [0, 0.05) is 6.07 Å². The van der Waals surface area contributed by atoms with E-state index >= 15 is 0 Å². The SMILES string of the molecule is C/C(=N\NC(=O)c1ccc(=O)[nH]n1)c1ccc(C)cc1. The molecule has 0 unspecified atom stereocenters. The number of rotatable bonds is 3. The number of hydrogen-bond acceptors (Lipinski definition) is 4. The van der Waals surface area contributed by atoms with Gasteiger partial charge in [0.1, 0.15) is 0 Å². The van der Waals surface area contributed by atoms with Crippen molar-refractivity contribution < 1.29 is 4.79 Å². The minimum absolute atomic E-state index is 0.102. The zero-order chi connectivity index (χ0) is 14.5. The van der Waals surface area contributed by atoms with Crippen molar-refractivity contribution in [2.45, 2.75) is 13.8 Å². The lowest BCUT2D eigenvalue weighted by Crippen LogP contribution is -2.22. The smallest absolute Gasteiger partial charge is 0.268 e. The van der Waals surface area contributed by atoms with E-state index in [1.54, 1.807) is 6.92 Å². The summed E-state index contributed by atoms with van der Waals surface area (Å²) >= 11 is 0. The molecule has 0 spiro atoms. The maximum atomic E-state index is 11.7. The molecule has 6 heteroatoms. The normalized spacial score (nSPS) is 11.2. The van der Waals surface area contributed by atoms with E-state index in [4.69, 9.17) is 0 Å². The highest BCUT2D eigenvalue weighted by atomic mass is 16.2. The molecule has 1 amide bonds. The van der Waals surface area contributed by atoms with Gasteiger partial charge in [-0.05, 0) is 25.5 Å². The number of nitrogens with one attached hydrogen (secondary N) is 2. The van der Waals surface area contributed by atoms with Crippen molar-refractivity contribution >= 4 is 11.6 Å². The fourth-order valence-corrected chi connectivity index (χ4v) is 1.52. The summed E-state index contributed by atoms with van der Waals surface area (Å²) in [6.45, 7) is 3.80. The van der Waals surface area contributed by atoms with E-state index in [0.29, 0.717) is 5.71 Å². The Bertz CT molecular complexity index is 681. The number of carbonyl (C=O) groups is 1. The van der Waals surface area contributed by atoms with Crippen molar-refractivity contribution in [1.82, 2.24) is 15.6 Å². The molecule has 2 rings (SSSR count). The molecule has 0 aliphatic carbocycles. The number of carbonyl (C=O) groups excluding carboxylic acids is 1. The molecule has 1 heterocycles. The van der Waals surface area contributed by atoms with Crippen LogP contribution in [0.25, 0.3) is 0 Å². The van der Waals surface area contributed by atoms with Gasteiger partial charge in [0.25, 0.3) is 11.5 Å². The molecule has 1 aromatic heterocycles. The van der Waals surface area contributed by atoms with E-state index in [-0.39, 0.29) is 11.3 Å². The Morgan fingerprint density at radius 1 is 1.20 bits per heavy atom. The molecule has 1 aromatic carbocycles. The van der Waals surface area contributed by atoms with Crippen LogP contribution >= 0.6 is 0 Å². The fraction of sp³-hybridized carbons (Fsp3) is 0.143. The molecule has 0 aliphatic heterocycles. The Hall–Kier alpha value is -2.76. The minimum Gasteiger partial charge on any atom is -0.268 e. The average molecular weight is 270 g/mol. The largest absolute Gasteiger partial charge is 0.291 e. The highest BCUT2D eigenvalue weighted by Crippen LogP contribution is 2.04. The minimum atomic E-state index is -0.479.